The quantitative estimate of drug-likeness (QED) is 0.370. The third-order valence-corrected chi connectivity index (χ3v) is 5.94. The van der Waals surface area contributed by atoms with Gasteiger partial charge in [0.15, 0.2) is 5.16 Å². The molecule has 2 aromatic heterocycles. The number of rotatable bonds is 5. The van der Waals surface area contributed by atoms with Crippen molar-refractivity contribution >= 4 is 35.3 Å². The molecule has 0 spiro atoms. The lowest BCUT2D eigenvalue weighted by Gasteiger charge is -2.23. The summed E-state index contributed by atoms with van der Waals surface area (Å²) in [7, 11) is 3.52. The van der Waals surface area contributed by atoms with Gasteiger partial charge >= 0.3 is 6.09 Å². The molecule has 0 fully saturated rings. The first-order chi connectivity index (χ1) is 17.1. The van der Waals surface area contributed by atoms with Gasteiger partial charge in [-0.25, -0.2) is 14.8 Å². The Hall–Kier alpha value is -3.67. The van der Waals surface area contributed by atoms with Crippen molar-refractivity contribution in [3.63, 3.8) is 0 Å². The lowest BCUT2D eigenvalue weighted by Crippen LogP contribution is -2.33. The van der Waals surface area contributed by atoms with Crippen molar-refractivity contribution in [1.29, 1.82) is 0 Å². The summed E-state index contributed by atoms with van der Waals surface area (Å²) in [5.41, 5.74) is 1.20. The van der Waals surface area contributed by atoms with Crippen LogP contribution in [0.15, 0.2) is 40.0 Å². The molecule has 0 unspecified atom stereocenters. The van der Waals surface area contributed by atoms with Crippen molar-refractivity contribution in [3.05, 3.63) is 41.9 Å². The molecule has 0 bridgehead atoms. The first-order valence-corrected chi connectivity index (χ1v) is 12.6. The smallest absolute Gasteiger partial charge is 0.410 e. The lowest BCUT2D eigenvalue weighted by atomic mass is 10.1. The summed E-state index contributed by atoms with van der Waals surface area (Å²) in [6, 6.07) is 7.35. The van der Waals surface area contributed by atoms with Crippen LogP contribution in [0.25, 0.3) is 11.5 Å². The molecule has 2 amide bonds. The highest BCUT2D eigenvalue weighted by Crippen LogP contribution is 2.29. The minimum Gasteiger partial charge on any atom is -0.444 e. The van der Waals surface area contributed by atoms with Crippen LogP contribution < -0.4 is 9.80 Å². The maximum Gasteiger partial charge on any atom is 0.410 e. The van der Waals surface area contributed by atoms with Crippen molar-refractivity contribution in [2.75, 3.05) is 43.2 Å². The van der Waals surface area contributed by atoms with Crippen molar-refractivity contribution < 1.29 is 18.7 Å². The molecule has 11 nitrogen and oxygen atoms in total. The number of likely N-dealkylation sites (N-methyl/N-ethyl adjacent to an activating group) is 1. The van der Waals surface area contributed by atoms with E-state index in [-0.39, 0.29) is 24.2 Å². The number of hydrogen-bond acceptors (Lipinski definition) is 10. The van der Waals surface area contributed by atoms with E-state index in [1.165, 1.54) is 16.7 Å². The van der Waals surface area contributed by atoms with Crippen LogP contribution in [0, 0.1) is 0 Å². The van der Waals surface area contributed by atoms with Gasteiger partial charge in [0.05, 0.1) is 0 Å². The number of ether oxygens (including phenoxy) is 1. The Morgan fingerprint density at radius 1 is 1.25 bits per heavy atom. The van der Waals surface area contributed by atoms with Gasteiger partial charge in [0.1, 0.15) is 23.5 Å². The lowest BCUT2D eigenvalue weighted by molar-refractivity contribution is 0.0271. The highest BCUT2D eigenvalue weighted by Gasteiger charge is 2.28. The monoisotopic (exact) mass is 511 g/mol. The number of carbonyl (C=O) groups is 2. The van der Waals surface area contributed by atoms with Gasteiger partial charge in [-0.2, -0.15) is 0 Å². The number of hydrogen-bond donors (Lipinski definition) is 0. The first kappa shape index (κ1) is 25.4. The van der Waals surface area contributed by atoms with Gasteiger partial charge in [-0.1, -0.05) is 17.8 Å². The van der Waals surface area contributed by atoms with E-state index in [9.17, 15) is 9.59 Å². The van der Waals surface area contributed by atoms with Crippen molar-refractivity contribution in [3.8, 4) is 11.5 Å². The number of benzene rings is 1. The Labute approximate surface area is 213 Å². The molecule has 190 valence electrons. The van der Waals surface area contributed by atoms with Gasteiger partial charge < -0.3 is 23.9 Å². The van der Waals surface area contributed by atoms with E-state index in [1.807, 2.05) is 42.5 Å². The maximum absolute atomic E-state index is 13.4. The molecule has 0 radical (unpaired) electrons. The molecule has 3 heterocycles. The van der Waals surface area contributed by atoms with E-state index in [0.717, 1.165) is 0 Å². The van der Waals surface area contributed by atoms with Gasteiger partial charge in [-0.3, -0.25) is 4.79 Å². The average molecular weight is 512 g/mol. The third kappa shape index (κ3) is 5.59. The molecule has 0 saturated carbocycles. The van der Waals surface area contributed by atoms with E-state index >= 15 is 0 Å². The Balaban J connectivity index is 1.54. The summed E-state index contributed by atoms with van der Waals surface area (Å²) in [5.74, 6) is 1.00. The Morgan fingerprint density at radius 3 is 2.75 bits per heavy atom. The zero-order valence-corrected chi connectivity index (χ0v) is 22.0. The van der Waals surface area contributed by atoms with Crippen LogP contribution in [-0.2, 0) is 11.3 Å². The number of aromatic nitrogens is 4. The molecule has 3 aromatic rings. The topological polar surface area (TPSA) is 118 Å². The van der Waals surface area contributed by atoms with E-state index < -0.39 is 11.7 Å². The van der Waals surface area contributed by atoms with Gasteiger partial charge in [0, 0.05) is 44.6 Å². The van der Waals surface area contributed by atoms with Crippen LogP contribution >= 0.6 is 11.8 Å². The third-order valence-electron chi connectivity index (χ3n) is 5.37. The zero-order chi connectivity index (χ0) is 26.0. The molecule has 12 heteroatoms. The molecule has 4 rings (SSSR count). The SMILES string of the molecule is CSc1ncc2c(n1)N(C)CCN(c1cccc(-c3nnc(CN(C)C(=O)OC(C)(C)C)o3)c1)C2=O. The predicted octanol–water partition coefficient (Wildman–Crippen LogP) is 3.71. The molecule has 1 aromatic carbocycles. The average Bonchev–Trinajstić information content (AvgIpc) is 3.26. The standard InChI is InChI=1S/C24H29N7O4S/c1-24(2,3)35-23(33)30(5)14-18-27-28-20(34-18)15-8-7-9-16(12-15)31-11-10-29(4)19-17(21(31)32)13-25-22(26-19)36-6/h7-9,12-13H,10-11,14H2,1-6H3. The summed E-state index contributed by atoms with van der Waals surface area (Å²) in [6.07, 6.45) is 3.00. The summed E-state index contributed by atoms with van der Waals surface area (Å²) < 4.78 is 11.2. The van der Waals surface area contributed by atoms with Gasteiger partial charge in [0.25, 0.3) is 5.91 Å². The van der Waals surface area contributed by atoms with Gasteiger partial charge in [0.2, 0.25) is 11.8 Å². The number of fused-ring (bicyclic) bond motifs is 1. The van der Waals surface area contributed by atoms with Crippen LogP contribution in [0.1, 0.15) is 37.0 Å². The van der Waals surface area contributed by atoms with Gasteiger partial charge in [-0.15, -0.1) is 10.2 Å². The van der Waals surface area contributed by atoms with Crippen LogP contribution in [0.5, 0.6) is 0 Å². The second-order valence-electron chi connectivity index (χ2n) is 9.36. The molecule has 0 N–H and O–H groups in total. The number of anilines is 2. The minimum atomic E-state index is -0.602. The predicted molar refractivity (Wildman–Crippen MR) is 136 cm³/mol. The maximum atomic E-state index is 13.4. The Bertz CT molecular complexity index is 1270. The number of carbonyl (C=O) groups excluding carboxylic acids is 2. The van der Waals surface area contributed by atoms with Crippen molar-refractivity contribution in [2.45, 2.75) is 38.1 Å². The fourth-order valence-corrected chi connectivity index (χ4v) is 3.93. The summed E-state index contributed by atoms with van der Waals surface area (Å²) in [4.78, 5) is 39.5. The summed E-state index contributed by atoms with van der Waals surface area (Å²) >= 11 is 1.43. The van der Waals surface area contributed by atoms with E-state index in [2.05, 4.69) is 20.2 Å². The molecule has 1 aliphatic rings. The zero-order valence-electron chi connectivity index (χ0n) is 21.2. The largest absolute Gasteiger partial charge is 0.444 e. The van der Waals surface area contributed by atoms with E-state index in [4.69, 9.17) is 9.15 Å². The van der Waals surface area contributed by atoms with Crippen LogP contribution in [-0.4, -0.2) is 76.1 Å². The molecule has 0 aliphatic carbocycles. The molecular formula is C24H29N7O4S. The molecule has 0 saturated heterocycles. The van der Waals surface area contributed by atoms with E-state index in [0.29, 0.717) is 40.9 Å². The van der Waals surface area contributed by atoms with Crippen LogP contribution in [0.2, 0.25) is 0 Å². The number of amides is 2. The second-order valence-corrected chi connectivity index (χ2v) is 10.1. The number of thioether (sulfide) groups is 1. The van der Waals surface area contributed by atoms with Crippen LogP contribution in [0.4, 0.5) is 16.3 Å². The highest BCUT2D eigenvalue weighted by atomic mass is 32.2. The van der Waals surface area contributed by atoms with Crippen molar-refractivity contribution in [2.24, 2.45) is 0 Å². The highest BCUT2D eigenvalue weighted by molar-refractivity contribution is 7.98. The Kier molecular flexibility index (Phi) is 7.16. The minimum absolute atomic E-state index is 0.105. The Morgan fingerprint density at radius 2 is 2.03 bits per heavy atom. The molecular weight excluding hydrogens is 482 g/mol. The van der Waals surface area contributed by atoms with E-state index in [1.54, 1.807) is 38.9 Å². The number of nitrogens with zero attached hydrogens (tertiary/aromatic N) is 7. The van der Waals surface area contributed by atoms with Gasteiger partial charge in [-0.05, 0) is 45.2 Å². The van der Waals surface area contributed by atoms with Crippen molar-refractivity contribution in [1.82, 2.24) is 25.1 Å². The first-order valence-electron chi connectivity index (χ1n) is 11.4. The molecule has 0 atom stereocenters. The molecule has 36 heavy (non-hydrogen) atoms. The summed E-state index contributed by atoms with van der Waals surface area (Å²) in [5, 5.41) is 8.82. The van der Waals surface area contributed by atoms with Crippen LogP contribution in [0.3, 0.4) is 0 Å². The fraction of sp³-hybridized carbons (Fsp3) is 0.417. The summed E-state index contributed by atoms with van der Waals surface area (Å²) in [6.45, 7) is 6.59. The normalized spacial score (nSPS) is 13.9. The molecule has 1 aliphatic heterocycles. The fourth-order valence-electron chi connectivity index (χ4n) is 3.59. The second kappa shape index (κ2) is 10.1.